The lowest BCUT2D eigenvalue weighted by molar-refractivity contribution is -0.143. The van der Waals surface area contributed by atoms with Gasteiger partial charge in [-0.25, -0.2) is 0 Å². The molecule has 1 saturated heterocycles. The molecule has 1 aliphatic rings. The molecule has 0 aromatic heterocycles. The highest BCUT2D eigenvalue weighted by atomic mass is 32.2. The largest absolute Gasteiger partial charge is 0.496 e. The van der Waals surface area contributed by atoms with E-state index in [0.717, 1.165) is 33.5 Å². The number of ether oxygens (including phenoxy) is 2. The van der Waals surface area contributed by atoms with Crippen LogP contribution in [0.2, 0.25) is 0 Å². The van der Waals surface area contributed by atoms with E-state index in [1.54, 1.807) is 25.3 Å². The van der Waals surface area contributed by atoms with Crippen molar-refractivity contribution in [3.63, 3.8) is 0 Å². The van der Waals surface area contributed by atoms with E-state index in [9.17, 15) is 14.4 Å². The van der Waals surface area contributed by atoms with Gasteiger partial charge in [-0.2, -0.15) is 0 Å². The van der Waals surface area contributed by atoms with Gasteiger partial charge in [-0.3, -0.25) is 19.3 Å². The molecule has 0 N–H and O–H groups in total. The fourth-order valence-corrected chi connectivity index (χ4v) is 2.81. The zero-order chi connectivity index (χ0) is 16.3. The molecule has 0 radical (unpaired) electrons. The Labute approximate surface area is 132 Å². The predicted molar refractivity (Wildman–Crippen MR) is 82.4 cm³/mol. The van der Waals surface area contributed by atoms with E-state index in [0.29, 0.717) is 0 Å². The van der Waals surface area contributed by atoms with Crippen LogP contribution >= 0.6 is 11.8 Å². The lowest BCUT2D eigenvalue weighted by Gasteiger charge is -2.09. The second-order valence-electron chi connectivity index (χ2n) is 4.57. The number of thioether (sulfide) groups is 1. The summed E-state index contributed by atoms with van der Waals surface area (Å²) >= 11 is 0.804. The number of rotatable bonds is 4. The van der Waals surface area contributed by atoms with Crippen molar-refractivity contribution in [3.05, 3.63) is 34.2 Å². The average molecular weight is 321 g/mol. The van der Waals surface area contributed by atoms with Crippen LogP contribution in [0.4, 0.5) is 4.79 Å². The van der Waals surface area contributed by atoms with Crippen molar-refractivity contribution in [1.29, 1.82) is 0 Å². The van der Waals surface area contributed by atoms with E-state index < -0.39 is 17.1 Å². The Morgan fingerprint density at radius 2 is 2.05 bits per heavy atom. The number of esters is 1. The van der Waals surface area contributed by atoms with Gasteiger partial charge in [-0.15, -0.1) is 0 Å². The summed E-state index contributed by atoms with van der Waals surface area (Å²) in [4.78, 5) is 36.3. The highest BCUT2D eigenvalue weighted by Crippen LogP contribution is 2.32. The van der Waals surface area contributed by atoms with E-state index in [1.165, 1.54) is 7.11 Å². The number of aryl methyl sites for hydroxylation is 1. The number of carbonyl (C=O) groups is 3. The first-order valence-electron chi connectivity index (χ1n) is 6.43. The minimum Gasteiger partial charge on any atom is -0.496 e. The SMILES string of the molecule is COC(=O)CN1C(=O)SC(=Cc2ccc(OC)c(C)c2)C1=O. The molecule has 7 heteroatoms. The molecule has 116 valence electrons. The monoisotopic (exact) mass is 321 g/mol. The van der Waals surface area contributed by atoms with E-state index in [4.69, 9.17) is 4.74 Å². The lowest BCUT2D eigenvalue weighted by Crippen LogP contribution is -2.34. The second kappa shape index (κ2) is 6.65. The number of nitrogens with zero attached hydrogens (tertiary/aromatic N) is 1. The fourth-order valence-electron chi connectivity index (χ4n) is 1.97. The normalized spacial score (nSPS) is 16.3. The molecule has 1 heterocycles. The van der Waals surface area contributed by atoms with Gasteiger partial charge in [-0.05, 0) is 48.0 Å². The van der Waals surface area contributed by atoms with Gasteiger partial charge < -0.3 is 9.47 Å². The van der Waals surface area contributed by atoms with Gasteiger partial charge >= 0.3 is 5.97 Å². The summed E-state index contributed by atoms with van der Waals surface area (Å²) in [5.41, 5.74) is 1.70. The van der Waals surface area contributed by atoms with Gasteiger partial charge in [0, 0.05) is 0 Å². The number of hydrogen-bond acceptors (Lipinski definition) is 6. The third-order valence-corrected chi connectivity index (χ3v) is 4.01. The molecule has 1 aromatic carbocycles. The Kier molecular flexibility index (Phi) is 4.87. The minimum absolute atomic E-state index is 0.276. The molecule has 0 bridgehead atoms. The molecule has 0 spiro atoms. The molecular weight excluding hydrogens is 306 g/mol. The molecular formula is C15H15NO5S. The number of amides is 2. The topological polar surface area (TPSA) is 72.9 Å². The van der Waals surface area contributed by atoms with E-state index in [-0.39, 0.29) is 11.4 Å². The summed E-state index contributed by atoms with van der Waals surface area (Å²) in [5, 5.41) is -0.480. The molecule has 2 amide bonds. The van der Waals surface area contributed by atoms with Crippen LogP contribution in [0.5, 0.6) is 5.75 Å². The first-order chi connectivity index (χ1) is 10.5. The summed E-state index contributed by atoms with van der Waals surface area (Å²) in [6.07, 6.45) is 1.62. The molecule has 2 rings (SSSR count). The molecule has 0 saturated carbocycles. The standard InChI is InChI=1S/C15H15NO5S/c1-9-6-10(4-5-11(9)20-2)7-12-14(18)16(15(19)22-12)8-13(17)21-3/h4-7H,8H2,1-3H3. The van der Waals surface area contributed by atoms with Crippen LogP contribution in [0.3, 0.4) is 0 Å². The van der Waals surface area contributed by atoms with Gasteiger partial charge in [-0.1, -0.05) is 6.07 Å². The highest BCUT2D eigenvalue weighted by Gasteiger charge is 2.36. The van der Waals surface area contributed by atoms with Crippen molar-refractivity contribution in [3.8, 4) is 5.75 Å². The second-order valence-corrected chi connectivity index (χ2v) is 5.57. The molecule has 1 aliphatic heterocycles. The number of imide groups is 1. The quantitative estimate of drug-likeness (QED) is 0.625. The Morgan fingerprint density at radius 3 is 2.64 bits per heavy atom. The fraction of sp³-hybridized carbons (Fsp3) is 0.267. The van der Waals surface area contributed by atoms with E-state index in [2.05, 4.69) is 4.74 Å². The summed E-state index contributed by atoms with van der Waals surface area (Å²) < 4.78 is 9.65. The predicted octanol–water partition coefficient (Wildman–Crippen LogP) is 2.21. The van der Waals surface area contributed by atoms with E-state index >= 15 is 0 Å². The van der Waals surface area contributed by atoms with Crippen molar-refractivity contribution < 1.29 is 23.9 Å². The third kappa shape index (κ3) is 3.30. The van der Waals surface area contributed by atoms with Gasteiger partial charge in [0.25, 0.3) is 11.1 Å². The Bertz CT molecular complexity index is 668. The van der Waals surface area contributed by atoms with Gasteiger partial charge in [0.2, 0.25) is 0 Å². The molecule has 0 aliphatic carbocycles. The molecule has 6 nitrogen and oxygen atoms in total. The summed E-state index contributed by atoms with van der Waals surface area (Å²) in [6.45, 7) is 1.51. The van der Waals surface area contributed by atoms with Crippen LogP contribution < -0.4 is 4.74 Å². The van der Waals surface area contributed by atoms with Crippen molar-refractivity contribution in [2.75, 3.05) is 20.8 Å². The number of hydrogen-bond donors (Lipinski definition) is 0. The molecule has 0 unspecified atom stereocenters. The van der Waals surface area contributed by atoms with Crippen LogP contribution in [-0.2, 0) is 14.3 Å². The zero-order valence-corrected chi connectivity index (χ0v) is 13.2. The summed E-state index contributed by atoms with van der Waals surface area (Å²) in [5.74, 6) is -0.381. The smallest absolute Gasteiger partial charge is 0.325 e. The zero-order valence-electron chi connectivity index (χ0n) is 12.4. The first-order valence-corrected chi connectivity index (χ1v) is 7.24. The number of benzene rings is 1. The van der Waals surface area contributed by atoms with Gasteiger partial charge in [0.15, 0.2) is 0 Å². The van der Waals surface area contributed by atoms with Crippen LogP contribution in [0.25, 0.3) is 6.08 Å². The molecule has 22 heavy (non-hydrogen) atoms. The maximum absolute atomic E-state index is 12.2. The molecule has 1 aromatic rings. The maximum atomic E-state index is 12.2. The van der Waals surface area contributed by atoms with E-state index in [1.807, 2.05) is 13.0 Å². The van der Waals surface area contributed by atoms with Crippen LogP contribution in [0.15, 0.2) is 23.1 Å². The molecule has 0 atom stereocenters. The van der Waals surface area contributed by atoms with Gasteiger partial charge in [0.1, 0.15) is 12.3 Å². The van der Waals surface area contributed by atoms with Crippen molar-refractivity contribution in [2.45, 2.75) is 6.92 Å². The lowest BCUT2D eigenvalue weighted by atomic mass is 10.1. The Balaban J connectivity index is 2.22. The minimum atomic E-state index is -0.635. The summed E-state index contributed by atoms with van der Waals surface area (Å²) in [7, 11) is 2.79. The number of methoxy groups -OCH3 is 2. The third-order valence-electron chi connectivity index (χ3n) is 3.11. The summed E-state index contributed by atoms with van der Waals surface area (Å²) in [6, 6.07) is 5.44. The van der Waals surface area contributed by atoms with Gasteiger partial charge in [0.05, 0.1) is 19.1 Å². The Morgan fingerprint density at radius 1 is 1.32 bits per heavy atom. The maximum Gasteiger partial charge on any atom is 0.325 e. The van der Waals surface area contributed by atoms with Crippen molar-refractivity contribution in [2.24, 2.45) is 0 Å². The van der Waals surface area contributed by atoms with Crippen LogP contribution in [0.1, 0.15) is 11.1 Å². The highest BCUT2D eigenvalue weighted by molar-refractivity contribution is 8.18. The van der Waals surface area contributed by atoms with Crippen molar-refractivity contribution >= 4 is 35.0 Å². The first kappa shape index (κ1) is 16.1. The van der Waals surface area contributed by atoms with Crippen LogP contribution in [-0.4, -0.2) is 42.8 Å². The average Bonchev–Trinajstić information content (AvgIpc) is 2.75. The number of carbonyl (C=O) groups excluding carboxylic acids is 3. The van der Waals surface area contributed by atoms with Crippen molar-refractivity contribution in [1.82, 2.24) is 4.90 Å². The Hall–Kier alpha value is -2.28. The molecule has 1 fully saturated rings. The van der Waals surface area contributed by atoms with Crippen LogP contribution in [0, 0.1) is 6.92 Å².